The minimum atomic E-state index is -0.763. The van der Waals surface area contributed by atoms with Crippen molar-refractivity contribution in [1.82, 2.24) is 4.90 Å². The summed E-state index contributed by atoms with van der Waals surface area (Å²) in [6.45, 7) is 2.11. The molecule has 1 saturated heterocycles. The number of methoxy groups -OCH3 is 1. The van der Waals surface area contributed by atoms with Crippen LogP contribution in [0.4, 0.5) is 0 Å². The van der Waals surface area contributed by atoms with E-state index in [1.807, 2.05) is 43.3 Å². The Morgan fingerprint density at radius 2 is 1.73 bits per heavy atom. The number of carbonyl (C=O) groups is 2. The van der Waals surface area contributed by atoms with E-state index >= 15 is 0 Å². The quantitative estimate of drug-likeness (QED) is 0.278. The van der Waals surface area contributed by atoms with Crippen LogP contribution in [0.3, 0.4) is 0 Å². The summed E-state index contributed by atoms with van der Waals surface area (Å²) < 4.78 is 5.20. The molecule has 0 radical (unpaired) electrons. The first-order chi connectivity index (χ1) is 15.8. The van der Waals surface area contributed by atoms with Gasteiger partial charge in [0.25, 0.3) is 11.7 Å². The number of hydrogen-bond acceptors (Lipinski definition) is 4. The number of aryl methyl sites for hydroxylation is 1. The standard InChI is InChI=1S/C26H21Cl2NO4/c1-15-4-3-5-17(12-15)23-22(24(30)18-8-11-20(27)21(28)13-18)25(31)26(32)29(23)14-16-6-9-19(33-2)10-7-16/h3-13,23,30H,14H2,1-2H3/b24-22-. The van der Waals surface area contributed by atoms with E-state index in [9.17, 15) is 14.7 Å². The molecule has 3 aromatic carbocycles. The zero-order chi connectivity index (χ0) is 23.7. The number of benzene rings is 3. The third-order valence-electron chi connectivity index (χ3n) is 5.60. The monoisotopic (exact) mass is 481 g/mol. The number of rotatable bonds is 5. The number of aliphatic hydroxyl groups is 1. The van der Waals surface area contributed by atoms with E-state index in [2.05, 4.69) is 0 Å². The molecule has 7 heteroatoms. The Morgan fingerprint density at radius 3 is 2.36 bits per heavy atom. The Balaban J connectivity index is 1.85. The predicted octanol–water partition coefficient (Wildman–Crippen LogP) is 5.93. The lowest BCUT2D eigenvalue weighted by atomic mass is 9.94. The van der Waals surface area contributed by atoms with Crippen LogP contribution in [-0.2, 0) is 16.1 Å². The molecule has 0 saturated carbocycles. The Hall–Kier alpha value is -3.28. The number of hydrogen-bond donors (Lipinski definition) is 1. The van der Waals surface area contributed by atoms with E-state index in [1.165, 1.54) is 17.0 Å². The second-order valence-corrected chi connectivity index (χ2v) is 8.63. The van der Waals surface area contributed by atoms with Gasteiger partial charge in [-0.25, -0.2) is 0 Å². The van der Waals surface area contributed by atoms with Gasteiger partial charge in [0.1, 0.15) is 11.5 Å². The van der Waals surface area contributed by atoms with Crippen LogP contribution in [-0.4, -0.2) is 28.8 Å². The van der Waals surface area contributed by atoms with Crippen molar-refractivity contribution in [2.75, 3.05) is 7.11 Å². The molecule has 1 unspecified atom stereocenters. The smallest absolute Gasteiger partial charge is 0.295 e. The molecular formula is C26H21Cl2NO4. The summed E-state index contributed by atoms with van der Waals surface area (Å²) in [4.78, 5) is 27.8. The molecule has 1 aliphatic heterocycles. The van der Waals surface area contributed by atoms with Crippen LogP contribution >= 0.6 is 23.2 Å². The first kappa shape index (κ1) is 22.9. The van der Waals surface area contributed by atoms with Gasteiger partial charge in [0, 0.05) is 12.1 Å². The summed E-state index contributed by atoms with van der Waals surface area (Å²) in [5, 5.41) is 11.7. The predicted molar refractivity (Wildman–Crippen MR) is 128 cm³/mol. The third kappa shape index (κ3) is 4.47. The molecule has 0 aliphatic carbocycles. The largest absolute Gasteiger partial charge is 0.507 e. The van der Waals surface area contributed by atoms with E-state index in [0.29, 0.717) is 16.3 Å². The van der Waals surface area contributed by atoms with Crippen molar-refractivity contribution in [2.24, 2.45) is 0 Å². The lowest BCUT2D eigenvalue weighted by molar-refractivity contribution is -0.140. The number of carbonyl (C=O) groups excluding carboxylic acids is 2. The van der Waals surface area contributed by atoms with Gasteiger partial charge in [0.2, 0.25) is 0 Å². The molecule has 4 rings (SSSR count). The molecule has 1 fully saturated rings. The first-order valence-electron chi connectivity index (χ1n) is 10.2. The topological polar surface area (TPSA) is 66.8 Å². The molecule has 0 bridgehead atoms. The van der Waals surface area contributed by atoms with E-state index in [1.54, 1.807) is 25.3 Å². The van der Waals surface area contributed by atoms with Crippen molar-refractivity contribution in [3.63, 3.8) is 0 Å². The highest BCUT2D eigenvalue weighted by Gasteiger charge is 2.46. The number of amides is 1. The normalized spacial score (nSPS) is 17.5. The SMILES string of the molecule is COc1ccc(CN2C(=O)C(=O)/C(=C(\O)c3ccc(Cl)c(Cl)c3)C2c2cccc(C)c2)cc1. The number of aliphatic hydroxyl groups excluding tert-OH is 1. The van der Waals surface area contributed by atoms with Crippen molar-refractivity contribution in [1.29, 1.82) is 0 Å². The fourth-order valence-electron chi connectivity index (χ4n) is 3.96. The van der Waals surface area contributed by atoms with E-state index in [-0.39, 0.29) is 22.9 Å². The maximum Gasteiger partial charge on any atom is 0.295 e. The second-order valence-electron chi connectivity index (χ2n) is 7.82. The molecule has 1 N–H and O–H groups in total. The summed E-state index contributed by atoms with van der Waals surface area (Å²) in [5.74, 6) is -1.04. The van der Waals surface area contributed by atoms with Crippen LogP contribution in [0, 0.1) is 6.92 Å². The Labute approximate surface area is 201 Å². The molecule has 3 aromatic rings. The summed E-state index contributed by atoms with van der Waals surface area (Å²) >= 11 is 12.1. The average Bonchev–Trinajstić information content (AvgIpc) is 3.06. The highest BCUT2D eigenvalue weighted by Crippen LogP contribution is 2.41. The Bertz CT molecular complexity index is 1270. The number of ether oxygens (including phenoxy) is 1. The van der Waals surface area contributed by atoms with Gasteiger partial charge in [-0.3, -0.25) is 9.59 Å². The molecule has 0 spiro atoms. The first-order valence-corrected chi connectivity index (χ1v) is 11.0. The van der Waals surface area contributed by atoms with Crippen molar-refractivity contribution < 1.29 is 19.4 Å². The molecular weight excluding hydrogens is 461 g/mol. The summed E-state index contributed by atoms with van der Waals surface area (Å²) in [7, 11) is 1.58. The van der Waals surface area contributed by atoms with E-state index < -0.39 is 17.7 Å². The number of nitrogens with zero attached hydrogens (tertiary/aromatic N) is 1. The maximum absolute atomic E-state index is 13.2. The maximum atomic E-state index is 13.2. The summed E-state index contributed by atoms with van der Waals surface area (Å²) in [6, 6.07) is 18.6. The number of Topliss-reactive ketones (excluding diaryl/α,β-unsaturated/α-hetero) is 1. The molecule has 5 nitrogen and oxygen atoms in total. The number of ketones is 1. The number of halogens is 2. The highest BCUT2D eigenvalue weighted by atomic mass is 35.5. The molecule has 1 amide bonds. The van der Waals surface area contributed by atoms with Crippen molar-refractivity contribution in [3.05, 3.63) is 105 Å². The van der Waals surface area contributed by atoms with E-state index in [4.69, 9.17) is 27.9 Å². The zero-order valence-electron chi connectivity index (χ0n) is 18.0. The van der Waals surface area contributed by atoms with Gasteiger partial charge in [0.05, 0.1) is 28.8 Å². The van der Waals surface area contributed by atoms with E-state index in [0.717, 1.165) is 16.7 Å². The second kappa shape index (κ2) is 9.30. The van der Waals surface area contributed by atoms with Gasteiger partial charge in [-0.05, 0) is 48.4 Å². The third-order valence-corrected chi connectivity index (χ3v) is 6.34. The van der Waals surface area contributed by atoms with Crippen molar-refractivity contribution in [3.8, 4) is 5.75 Å². The van der Waals surface area contributed by atoms with Gasteiger partial charge in [0.15, 0.2) is 0 Å². The van der Waals surface area contributed by atoms with Gasteiger partial charge in [-0.1, -0.05) is 65.2 Å². The van der Waals surface area contributed by atoms with Crippen LogP contribution in [0.5, 0.6) is 5.75 Å². The van der Waals surface area contributed by atoms with Crippen LogP contribution in [0.2, 0.25) is 10.0 Å². The lowest BCUT2D eigenvalue weighted by Crippen LogP contribution is -2.29. The molecule has 1 heterocycles. The van der Waals surface area contributed by atoms with Crippen LogP contribution in [0.25, 0.3) is 5.76 Å². The molecule has 1 aliphatic rings. The van der Waals surface area contributed by atoms with Gasteiger partial charge in [-0.2, -0.15) is 0 Å². The molecule has 1 atom stereocenters. The minimum absolute atomic E-state index is 0.0116. The summed E-state index contributed by atoms with van der Waals surface area (Å²) in [6.07, 6.45) is 0. The molecule has 168 valence electrons. The van der Waals surface area contributed by atoms with Crippen LogP contribution in [0.15, 0.2) is 72.3 Å². The van der Waals surface area contributed by atoms with Gasteiger partial charge in [-0.15, -0.1) is 0 Å². The Kier molecular flexibility index (Phi) is 6.45. The average molecular weight is 482 g/mol. The van der Waals surface area contributed by atoms with Gasteiger partial charge >= 0.3 is 0 Å². The molecule has 33 heavy (non-hydrogen) atoms. The minimum Gasteiger partial charge on any atom is -0.507 e. The highest BCUT2D eigenvalue weighted by molar-refractivity contribution is 6.46. The fraction of sp³-hybridized carbons (Fsp3) is 0.154. The van der Waals surface area contributed by atoms with Crippen LogP contribution in [0.1, 0.15) is 28.3 Å². The lowest BCUT2D eigenvalue weighted by Gasteiger charge is -2.26. The fourth-order valence-corrected chi connectivity index (χ4v) is 4.25. The zero-order valence-corrected chi connectivity index (χ0v) is 19.5. The Morgan fingerprint density at radius 1 is 1.00 bits per heavy atom. The molecule has 0 aromatic heterocycles. The number of likely N-dealkylation sites (tertiary alicyclic amines) is 1. The van der Waals surface area contributed by atoms with Crippen molar-refractivity contribution in [2.45, 2.75) is 19.5 Å². The van der Waals surface area contributed by atoms with Crippen molar-refractivity contribution >= 4 is 40.7 Å². The van der Waals surface area contributed by atoms with Gasteiger partial charge < -0.3 is 14.7 Å². The van der Waals surface area contributed by atoms with Crippen LogP contribution < -0.4 is 4.74 Å². The summed E-state index contributed by atoms with van der Waals surface area (Å²) in [5.41, 5.74) is 2.84.